The van der Waals surface area contributed by atoms with Crippen molar-refractivity contribution in [3.63, 3.8) is 0 Å². The number of carbonyl (C=O) groups is 10. The first-order chi connectivity index (χ1) is 32.2. The molecule has 23 nitrogen and oxygen atoms in total. The first-order valence-corrected chi connectivity index (χ1v) is 23.5. The lowest BCUT2D eigenvalue weighted by molar-refractivity contribution is -0.135. The van der Waals surface area contributed by atoms with Crippen LogP contribution >= 0.6 is 11.8 Å². The normalized spacial score (nSPS) is 14.2. The van der Waals surface area contributed by atoms with Crippen LogP contribution in [0.1, 0.15) is 71.7 Å². The minimum atomic E-state index is -1.29. The van der Waals surface area contributed by atoms with E-state index in [1.54, 1.807) is 19.9 Å². The van der Waals surface area contributed by atoms with Gasteiger partial charge in [-0.1, -0.05) is 45.9 Å². The van der Waals surface area contributed by atoms with Gasteiger partial charge in [0, 0.05) is 42.4 Å². The van der Waals surface area contributed by atoms with E-state index < -0.39 is 108 Å². The van der Waals surface area contributed by atoms with E-state index >= 15 is 0 Å². The number of hydrogen-bond donors (Lipinski definition) is 12. The number of aromatic amines is 2. The van der Waals surface area contributed by atoms with Gasteiger partial charge in [0.1, 0.15) is 42.3 Å². The van der Waals surface area contributed by atoms with Crippen molar-refractivity contribution in [3.05, 3.63) is 54.2 Å². The number of nitrogens with zero attached hydrogens (tertiary/aromatic N) is 1. The van der Waals surface area contributed by atoms with Crippen molar-refractivity contribution in [2.75, 3.05) is 18.6 Å². The average Bonchev–Trinajstić information content (AvgIpc) is 3.95. The maximum Gasteiger partial charge on any atom is 0.243 e. The van der Waals surface area contributed by atoms with Crippen LogP contribution < -0.4 is 54.0 Å². The Morgan fingerprint density at radius 1 is 0.721 bits per heavy atom. The number of thioether (sulfide) groups is 1. The smallest absolute Gasteiger partial charge is 0.243 e. The number of hydrogen-bond acceptors (Lipinski definition) is 12. The number of fused-ring (bicyclic) bond motifs is 1. The number of H-pyrrole nitrogens is 2. The molecule has 0 aliphatic heterocycles. The summed E-state index contributed by atoms with van der Waals surface area (Å²) in [6.07, 6.45) is 4.92. The number of imidazole rings is 1. The van der Waals surface area contributed by atoms with Crippen LogP contribution in [0.4, 0.5) is 0 Å². The molecule has 0 fully saturated rings. The van der Waals surface area contributed by atoms with Gasteiger partial charge in [-0.05, 0) is 67.5 Å². The number of para-hydroxylation sites is 1. The van der Waals surface area contributed by atoms with Crippen molar-refractivity contribution in [1.82, 2.24) is 57.5 Å². The van der Waals surface area contributed by atoms with Gasteiger partial charge in [-0.3, -0.25) is 47.9 Å². The third-order valence-electron chi connectivity index (χ3n) is 10.6. The van der Waals surface area contributed by atoms with Crippen molar-refractivity contribution in [2.45, 2.75) is 115 Å². The molecule has 0 spiro atoms. The molecule has 0 aliphatic carbocycles. The first kappa shape index (κ1) is 55.3. The van der Waals surface area contributed by atoms with Crippen LogP contribution in [0, 0.1) is 11.8 Å². The Morgan fingerprint density at radius 3 is 1.94 bits per heavy atom. The van der Waals surface area contributed by atoms with E-state index in [9.17, 15) is 47.9 Å². The van der Waals surface area contributed by atoms with Crippen molar-refractivity contribution in [2.24, 2.45) is 23.3 Å². The van der Waals surface area contributed by atoms with Gasteiger partial charge in [-0.25, -0.2) is 4.98 Å². The molecule has 24 heteroatoms. The Balaban J connectivity index is 1.70. The molecule has 372 valence electrons. The van der Waals surface area contributed by atoms with Gasteiger partial charge in [-0.15, -0.1) is 0 Å². The van der Waals surface area contributed by atoms with Crippen LogP contribution in [0.3, 0.4) is 0 Å². The molecule has 7 atom stereocenters. The summed E-state index contributed by atoms with van der Waals surface area (Å²) < 4.78 is 0. The largest absolute Gasteiger partial charge is 0.370 e. The summed E-state index contributed by atoms with van der Waals surface area (Å²) in [5, 5.41) is 21.3. The van der Waals surface area contributed by atoms with Crippen LogP contribution in [0.25, 0.3) is 10.9 Å². The molecule has 0 bridgehead atoms. The molecule has 0 saturated heterocycles. The van der Waals surface area contributed by atoms with E-state index in [4.69, 9.17) is 11.5 Å². The fourth-order valence-corrected chi connectivity index (χ4v) is 7.38. The number of nitrogens with two attached hydrogens (primary N) is 2. The molecular weight excluding hydrogens is 903 g/mol. The van der Waals surface area contributed by atoms with E-state index in [0.717, 1.165) is 10.9 Å². The molecule has 68 heavy (non-hydrogen) atoms. The summed E-state index contributed by atoms with van der Waals surface area (Å²) in [4.78, 5) is 139. The molecule has 3 aromatic rings. The standard InChI is InChI=1S/C44H65N13O10S/c1-23(2)15-32(42(65)54-30(38(46)61)13-14-68-6)55-43(66)33(18-28-19-47-21-49-28)53-36(60)20-48-44(67)37(24(3)4)57-39(62)25(5)51-41(64)34(17-27-16-26-9-7-8-10-29(26)52-27)56-40(63)31(50-22-58)11-12-35(45)59/h7-10,16,19,21-25,30-34,37,52H,11-15,17-18,20H2,1-6H3,(H2,45,59)(H2,46,61)(H,47,49)(H,48,67)(H,50,58)(H,51,64)(H,53,60)(H,54,65)(H,55,66)(H,56,63)(H,57,62)/t25-,30-,31-,32-,33-,34-,37-/m0/s1. The Hall–Kier alpha value is -6.98. The fourth-order valence-electron chi connectivity index (χ4n) is 6.91. The van der Waals surface area contributed by atoms with Crippen LogP contribution in [0.2, 0.25) is 0 Å². The van der Waals surface area contributed by atoms with Gasteiger partial charge in [0.15, 0.2) is 0 Å². The maximum atomic E-state index is 13.8. The van der Waals surface area contributed by atoms with E-state index in [0.29, 0.717) is 17.1 Å². The highest BCUT2D eigenvalue weighted by molar-refractivity contribution is 7.98. The lowest BCUT2D eigenvalue weighted by Gasteiger charge is -2.26. The number of benzene rings is 1. The van der Waals surface area contributed by atoms with Gasteiger partial charge in [0.25, 0.3) is 0 Å². The third kappa shape index (κ3) is 18.4. The molecule has 2 aromatic heterocycles. The van der Waals surface area contributed by atoms with Gasteiger partial charge < -0.3 is 64.0 Å². The molecule has 3 rings (SSSR count). The molecule has 0 unspecified atom stereocenters. The molecule has 0 radical (unpaired) electrons. The molecular formula is C44H65N13O10S. The SMILES string of the molecule is CSCC[C@H](NC(=O)[C@H](CC(C)C)NC(=O)[C@H](Cc1cnc[nH]1)NC(=O)CNC(=O)[C@@H](NC(=O)[C@H](C)NC(=O)[C@H](Cc1cc2ccccc2[nH]1)NC(=O)[C@H](CCC(N)=O)NC=O)C(C)C)C(N)=O. The molecule has 0 aliphatic rings. The number of carbonyl (C=O) groups excluding carboxylic acids is 10. The Morgan fingerprint density at radius 2 is 1.34 bits per heavy atom. The zero-order chi connectivity index (χ0) is 50.5. The lowest BCUT2D eigenvalue weighted by Crippen LogP contribution is -2.59. The van der Waals surface area contributed by atoms with Gasteiger partial charge in [-0.2, -0.15) is 11.8 Å². The molecule has 2 heterocycles. The zero-order valence-corrected chi connectivity index (χ0v) is 39.9. The first-order valence-electron chi connectivity index (χ1n) is 22.1. The summed E-state index contributed by atoms with van der Waals surface area (Å²) in [5.41, 5.74) is 12.6. The van der Waals surface area contributed by atoms with Crippen molar-refractivity contribution < 1.29 is 47.9 Å². The van der Waals surface area contributed by atoms with Crippen molar-refractivity contribution in [1.29, 1.82) is 0 Å². The minimum Gasteiger partial charge on any atom is -0.370 e. The highest BCUT2D eigenvalue weighted by Crippen LogP contribution is 2.17. The average molecular weight is 968 g/mol. The predicted octanol–water partition coefficient (Wildman–Crippen LogP) is -1.96. The third-order valence-corrected chi connectivity index (χ3v) is 11.2. The van der Waals surface area contributed by atoms with E-state index in [1.807, 2.05) is 44.4 Å². The molecule has 1 aromatic carbocycles. The Bertz CT molecular complexity index is 2180. The lowest BCUT2D eigenvalue weighted by atomic mass is 10.0. The van der Waals surface area contributed by atoms with E-state index in [2.05, 4.69) is 57.5 Å². The Labute approximate surface area is 398 Å². The summed E-state index contributed by atoms with van der Waals surface area (Å²) >= 11 is 1.47. The second-order valence-corrected chi connectivity index (χ2v) is 18.0. The fraction of sp³-hybridized carbons (Fsp3) is 0.523. The van der Waals surface area contributed by atoms with Gasteiger partial charge >= 0.3 is 0 Å². The number of nitrogens with one attached hydrogen (secondary N) is 10. The summed E-state index contributed by atoms with van der Waals surface area (Å²) in [7, 11) is 0. The van der Waals surface area contributed by atoms with E-state index in [1.165, 1.54) is 31.2 Å². The quantitative estimate of drug-likeness (QED) is 0.0324. The summed E-state index contributed by atoms with van der Waals surface area (Å²) in [6, 6.07) is 0.818. The van der Waals surface area contributed by atoms with Crippen LogP contribution in [0.15, 0.2) is 42.9 Å². The molecule has 14 N–H and O–H groups in total. The topological polar surface area (TPSA) is 363 Å². The number of rotatable bonds is 30. The second-order valence-electron chi connectivity index (χ2n) is 17.0. The Kier molecular flexibility index (Phi) is 22.5. The van der Waals surface area contributed by atoms with Gasteiger partial charge in [0.05, 0.1) is 12.9 Å². The number of aromatic nitrogens is 3. The summed E-state index contributed by atoms with van der Waals surface area (Å²) in [5.74, 6) is -6.72. The van der Waals surface area contributed by atoms with E-state index in [-0.39, 0.29) is 50.9 Å². The maximum absolute atomic E-state index is 13.8. The second kappa shape index (κ2) is 27.6. The van der Waals surface area contributed by atoms with Crippen LogP contribution in [0.5, 0.6) is 0 Å². The highest BCUT2D eigenvalue weighted by Gasteiger charge is 2.33. The van der Waals surface area contributed by atoms with Crippen molar-refractivity contribution in [3.8, 4) is 0 Å². The number of amides is 10. The van der Waals surface area contributed by atoms with Crippen LogP contribution in [-0.2, 0) is 60.8 Å². The minimum absolute atomic E-state index is 0.0678. The monoisotopic (exact) mass is 967 g/mol. The van der Waals surface area contributed by atoms with Crippen LogP contribution in [-0.4, -0.2) is 135 Å². The predicted molar refractivity (Wildman–Crippen MR) is 252 cm³/mol. The molecule has 0 saturated carbocycles. The number of primary amides is 2. The molecule has 10 amide bonds. The van der Waals surface area contributed by atoms with Crippen molar-refractivity contribution >= 4 is 82.2 Å². The zero-order valence-electron chi connectivity index (χ0n) is 39.1. The highest BCUT2D eigenvalue weighted by atomic mass is 32.2. The summed E-state index contributed by atoms with van der Waals surface area (Å²) in [6.45, 7) is 7.71. The van der Waals surface area contributed by atoms with Gasteiger partial charge in [0.2, 0.25) is 59.6 Å².